The van der Waals surface area contributed by atoms with Gasteiger partial charge in [-0.25, -0.2) is 9.59 Å². The molecule has 1 aliphatic rings. The van der Waals surface area contributed by atoms with Gasteiger partial charge in [-0.15, -0.1) is 0 Å². The highest BCUT2D eigenvalue weighted by molar-refractivity contribution is 9.10. The van der Waals surface area contributed by atoms with Gasteiger partial charge < -0.3 is 20.4 Å². The number of hydrogen-bond acceptors (Lipinski definition) is 3. The van der Waals surface area contributed by atoms with Crippen molar-refractivity contribution in [1.29, 1.82) is 0 Å². The molecule has 114 valence electrons. The first-order valence-electron chi connectivity index (χ1n) is 6.65. The Hall–Kier alpha value is -1.60. The quantitative estimate of drug-likeness (QED) is 0.758. The van der Waals surface area contributed by atoms with Crippen LogP contribution in [0.4, 0.5) is 10.5 Å². The minimum Gasteiger partial charge on any atom is -0.478 e. The monoisotopic (exact) mass is 356 g/mol. The third-order valence-corrected chi connectivity index (χ3v) is 4.29. The largest absolute Gasteiger partial charge is 0.478 e. The number of aromatic carboxylic acids is 1. The molecule has 1 aliphatic heterocycles. The normalized spacial score (nSPS) is 22.0. The molecular weight excluding hydrogens is 340 g/mol. The predicted octanol–water partition coefficient (Wildman–Crippen LogP) is 2.38. The second-order valence-corrected chi connectivity index (χ2v) is 6.06. The molecular formula is C14H17BrN2O4. The van der Waals surface area contributed by atoms with Crippen LogP contribution in [0.5, 0.6) is 0 Å². The molecule has 2 amide bonds. The van der Waals surface area contributed by atoms with Gasteiger partial charge in [-0.05, 0) is 46.5 Å². The van der Waals surface area contributed by atoms with Crippen molar-refractivity contribution >= 4 is 33.6 Å². The summed E-state index contributed by atoms with van der Waals surface area (Å²) >= 11 is 3.29. The van der Waals surface area contributed by atoms with E-state index in [-0.39, 0.29) is 23.6 Å². The number of anilines is 1. The molecule has 2 atom stereocenters. The number of amides is 2. The first-order valence-corrected chi connectivity index (χ1v) is 7.44. The summed E-state index contributed by atoms with van der Waals surface area (Å²) in [5, 5.41) is 21.4. The first-order chi connectivity index (χ1) is 9.88. The predicted molar refractivity (Wildman–Crippen MR) is 81.5 cm³/mol. The van der Waals surface area contributed by atoms with Gasteiger partial charge in [0, 0.05) is 17.6 Å². The molecule has 1 heterocycles. The van der Waals surface area contributed by atoms with Crippen LogP contribution in [0.1, 0.15) is 23.7 Å². The second kappa shape index (κ2) is 6.44. The van der Waals surface area contributed by atoms with Crippen LogP contribution >= 0.6 is 15.9 Å². The number of hydrogen-bond donors (Lipinski definition) is 3. The third-order valence-electron chi connectivity index (χ3n) is 3.60. The average Bonchev–Trinajstić information content (AvgIpc) is 2.43. The molecule has 0 bridgehead atoms. The van der Waals surface area contributed by atoms with Crippen molar-refractivity contribution in [2.45, 2.75) is 19.4 Å². The van der Waals surface area contributed by atoms with Gasteiger partial charge in [0.25, 0.3) is 0 Å². The number of piperidine rings is 1. The number of aliphatic hydroxyl groups is 1. The number of nitrogens with one attached hydrogen (secondary N) is 1. The summed E-state index contributed by atoms with van der Waals surface area (Å²) in [6, 6.07) is 4.16. The zero-order chi connectivity index (χ0) is 15.6. The standard InChI is InChI=1S/C14H17BrN2O4/c1-8-7-17(5-4-12(8)18)14(21)16-11-6-9(13(19)20)2-3-10(11)15/h2-3,6,8,12,18H,4-5,7H2,1H3,(H,16,21)(H,19,20). The van der Waals surface area contributed by atoms with Gasteiger partial charge in [-0.2, -0.15) is 0 Å². The minimum atomic E-state index is -1.05. The van der Waals surface area contributed by atoms with E-state index in [4.69, 9.17) is 5.11 Å². The molecule has 2 rings (SSSR count). The van der Waals surface area contributed by atoms with Crippen LogP contribution in [0.2, 0.25) is 0 Å². The summed E-state index contributed by atoms with van der Waals surface area (Å²) in [5.74, 6) is -1.02. The number of rotatable bonds is 2. The summed E-state index contributed by atoms with van der Waals surface area (Å²) < 4.78 is 0.617. The van der Waals surface area contributed by atoms with Crippen LogP contribution in [0.3, 0.4) is 0 Å². The van der Waals surface area contributed by atoms with E-state index in [1.54, 1.807) is 11.0 Å². The van der Waals surface area contributed by atoms with Gasteiger partial charge in [0.15, 0.2) is 0 Å². The number of likely N-dealkylation sites (tertiary alicyclic amines) is 1. The van der Waals surface area contributed by atoms with Gasteiger partial charge in [0.2, 0.25) is 0 Å². The number of carbonyl (C=O) groups is 2. The van der Waals surface area contributed by atoms with Gasteiger partial charge >= 0.3 is 12.0 Å². The van der Waals surface area contributed by atoms with Crippen molar-refractivity contribution < 1.29 is 19.8 Å². The molecule has 0 saturated carbocycles. The summed E-state index contributed by atoms with van der Waals surface area (Å²) in [6.07, 6.45) is 0.168. The number of halogens is 1. The van der Waals surface area contributed by atoms with E-state index >= 15 is 0 Å². The molecule has 0 radical (unpaired) electrons. The van der Waals surface area contributed by atoms with Crippen LogP contribution in [0.15, 0.2) is 22.7 Å². The summed E-state index contributed by atoms with van der Waals surface area (Å²) in [5.41, 5.74) is 0.523. The van der Waals surface area contributed by atoms with E-state index in [2.05, 4.69) is 21.2 Å². The van der Waals surface area contributed by atoms with E-state index in [9.17, 15) is 14.7 Å². The zero-order valence-corrected chi connectivity index (χ0v) is 13.1. The SMILES string of the molecule is CC1CN(C(=O)Nc2cc(C(=O)O)ccc2Br)CCC1O. The molecule has 1 saturated heterocycles. The van der Waals surface area contributed by atoms with Gasteiger partial charge in [-0.3, -0.25) is 0 Å². The number of carboxylic acid groups (broad SMARTS) is 1. The highest BCUT2D eigenvalue weighted by atomic mass is 79.9. The fraction of sp³-hybridized carbons (Fsp3) is 0.429. The fourth-order valence-electron chi connectivity index (χ4n) is 2.27. The average molecular weight is 357 g/mol. The Balaban J connectivity index is 2.09. The van der Waals surface area contributed by atoms with Crippen LogP contribution < -0.4 is 5.32 Å². The molecule has 0 spiro atoms. The van der Waals surface area contributed by atoms with Crippen LogP contribution in [0, 0.1) is 5.92 Å². The molecule has 3 N–H and O–H groups in total. The Bertz CT molecular complexity index is 564. The topological polar surface area (TPSA) is 89.9 Å². The lowest BCUT2D eigenvalue weighted by molar-refractivity contribution is 0.0505. The third kappa shape index (κ3) is 3.74. The van der Waals surface area contributed by atoms with E-state index in [1.165, 1.54) is 12.1 Å². The lowest BCUT2D eigenvalue weighted by Gasteiger charge is -2.34. The van der Waals surface area contributed by atoms with E-state index in [0.717, 1.165) is 0 Å². The number of carboxylic acids is 1. The maximum absolute atomic E-state index is 12.2. The number of aliphatic hydroxyl groups excluding tert-OH is 1. The van der Waals surface area contributed by atoms with Gasteiger partial charge in [0.05, 0.1) is 17.4 Å². The number of benzene rings is 1. The zero-order valence-electron chi connectivity index (χ0n) is 11.5. The van der Waals surface area contributed by atoms with Crippen LogP contribution in [-0.4, -0.2) is 46.3 Å². The van der Waals surface area contributed by atoms with Crippen molar-refractivity contribution in [2.24, 2.45) is 5.92 Å². The summed E-state index contributed by atoms with van der Waals surface area (Å²) in [7, 11) is 0. The highest BCUT2D eigenvalue weighted by Gasteiger charge is 2.27. The van der Waals surface area contributed by atoms with Crippen LogP contribution in [0.25, 0.3) is 0 Å². The maximum atomic E-state index is 12.2. The molecule has 1 aromatic carbocycles. The Morgan fingerprint density at radius 1 is 1.43 bits per heavy atom. The molecule has 7 heteroatoms. The van der Waals surface area contributed by atoms with Crippen molar-refractivity contribution in [3.8, 4) is 0 Å². The minimum absolute atomic E-state index is 0.0262. The van der Waals surface area contributed by atoms with Crippen molar-refractivity contribution in [3.05, 3.63) is 28.2 Å². The van der Waals surface area contributed by atoms with E-state index in [0.29, 0.717) is 29.7 Å². The lowest BCUT2D eigenvalue weighted by atomic mass is 9.97. The Kier molecular flexibility index (Phi) is 4.84. The molecule has 21 heavy (non-hydrogen) atoms. The van der Waals surface area contributed by atoms with E-state index in [1.807, 2.05) is 6.92 Å². The Morgan fingerprint density at radius 2 is 2.14 bits per heavy atom. The highest BCUT2D eigenvalue weighted by Crippen LogP contribution is 2.25. The number of nitrogens with zero attached hydrogens (tertiary/aromatic N) is 1. The number of carbonyl (C=O) groups excluding carboxylic acids is 1. The first kappa shape index (κ1) is 15.8. The van der Waals surface area contributed by atoms with Crippen LogP contribution in [-0.2, 0) is 0 Å². The molecule has 2 unspecified atom stereocenters. The van der Waals surface area contributed by atoms with E-state index < -0.39 is 5.97 Å². The summed E-state index contributed by atoms with van der Waals surface area (Å²) in [4.78, 5) is 24.8. The molecule has 6 nitrogen and oxygen atoms in total. The van der Waals surface area contributed by atoms with Crippen molar-refractivity contribution in [2.75, 3.05) is 18.4 Å². The molecule has 1 fully saturated rings. The Labute approximate surface area is 130 Å². The number of urea groups is 1. The van der Waals surface area contributed by atoms with Gasteiger partial charge in [0.1, 0.15) is 0 Å². The van der Waals surface area contributed by atoms with Gasteiger partial charge in [-0.1, -0.05) is 6.92 Å². The second-order valence-electron chi connectivity index (χ2n) is 5.21. The lowest BCUT2D eigenvalue weighted by Crippen LogP contribution is -2.46. The molecule has 0 aromatic heterocycles. The maximum Gasteiger partial charge on any atom is 0.335 e. The molecule has 1 aromatic rings. The molecule has 0 aliphatic carbocycles. The Morgan fingerprint density at radius 3 is 2.76 bits per heavy atom. The van der Waals surface area contributed by atoms with Crippen molar-refractivity contribution in [1.82, 2.24) is 4.90 Å². The summed E-state index contributed by atoms with van der Waals surface area (Å²) in [6.45, 7) is 2.85. The smallest absolute Gasteiger partial charge is 0.335 e. The fourth-order valence-corrected chi connectivity index (χ4v) is 2.61. The van der Waals surface area contributed by atoms with Crippen molar-refractivity contribution in [3.63, 3.8) is 0 Å².